The molecule has 0 heterocycles. The van der Waals surface area contributed by atoms with Crippen molar-refractivity contribution in [2.75, 3.05) is 7.11 Å². The first-order valence-electron chi connectivity index (χ1n) is 10.3. The summed E-state index contributed by atoms with van der Waals surface area (Å²) in [6.45, 7) is 2.03. The highest BCUT2D eigenvalue weighted by molar-refractivity contribution is 7.90. The molecule has 1 aliphatic carbocycles. The molecular weight excluding hydrogens is 430 g/mol. The van der Waals surface area contributed by atoms with Gasteiger partial charge in [0.2, 0.25) is 0 Å². The fraction of sp³-hybridized carbons (Fsp3) is 0.304. The summed E-state index contributed by atoms with van der Waals surface area (Å²) in [4.78, 5) is 24.3. The van der Waals surface area contributed by atoms with Crippen LogP contribution in [0.2, 0.25) is 0 Å². The molecule has 2 atom stereocenters. The molecule has 0 radical (unpaired) electrons. The third-order valence-corrected chi connectivity index (χ3v) is 6.47. The van der Waals surface area contributed by atoms with E-state index < -0.39 is 22.3 Å². The minimum atomic E-state index is -4.01. The summed E-state index contributed by atoms with van der Waals surface area (Å²) in [7, 11) is -2.53. The van der Waals surface area contributed by atoms with Gasteiger partial charge in [-0.3, -0.25) is 4.79 Å². The Hall–Kier alpha value is -3.17. The smallest absolute Gasteiger partial charge is 0.332 e. The summed E-state index contributed by atoms with van der Waals surface area (Å²) < 4.78 is 32.4. The van der Waals surface area contributed by atoms with Crippen LogP contribution in [0.25, 0.3) is 0 Å². The number of methoxy groups -OCH3 is 1. The fourth-order valence-corrected chi connectivity index (χ4v) is 4.29. The topological polar surface area (TPSA) is 114 Å². The lowest BCUT2D eigenvalue weighted by Crippen LogP contribution is -2.38. The van der Waals surface area contributed by atoms with Crippen LogP contribution in [0.4, 0.5) is 4.79 Å². The highest BCUT2D eigenvalue weighted by atomic mass is 32.2. The summed E-state index contributed by atoms with van der Waals surface area (Å²) in [5.74, 6) is 0.0986. The highest BCUT2D eigenvalue weighted by Gasteiger charge is 2.20. The number of nitrogens with one attached hydrogen (secondary N) is 3. The molecule has 8 nitrogen and oxygen atoms in total. The van der Waals surface area contributed by atoms with Crippen LogP contribution in [0.3, 0.4) is 0 Å². The molecule has 9 heteroatoms. The lowest BCUT2D eigenvalue weighted by molar-refractivity contribution is 0.0582. The number of hydrogen-bond acceptors (Lipinski definition) is 5. The predicted molar refractivity (Wildman–Crippen MR) is 120 cm³/mol. The van der Waals surface area contributed by atoms with Crippen LogP contribution in [-0.2, 0) is 21.2 Å². The van der Waals surface area contributed by atoms with Gasteiger partial charge in [-0.25, -0.2) is 17.9 Å². The molecule has 0 spiro atoms. The minimum absolute atomic E-state index is 0.0348. The van der Waals surface area contributed by atoms with Crippen molar-refractivity contribution in [1.29, 1.82) is 0 Å². The number of rotatable bonds is 8. The predicted octanol–water partition coefficient (Wildman–Crippen LogP) is 2.93. The van der Waals surface area contributed by atoms with Gasteiger partial charge in [0, 0.05) is 24.8 Å². The molecule has 2 unspecified atom stereocenters. The van der Waals surface area contributed by atoms with Crippen molar-refractivity contribution in [1.82, 2.24) is 15.4 Å². The number of urea groups is 1. The van der Waals surface area contributed by atoms with E-state index >= 15 is 0 Å². The maximum absolute atomic E-state index is 12.5. The number of hydrogen-bond donors (Lipinski definition) is 3. The van der Waals surface area contributed by atoms with E-state index in [0.29, 0.717) is 24.3 Å². The van der Waals surface area contributed by atoms with Crippen molar-refractivity contribution < 1.29 is 22.7 Å². The van der Waals surface area contributed by atoms with Gasteiger partial charge >= 0.3 is 6.03 Å². The number of carbonyl (C=O) groups is 2. The number of ether oxygens (including phenoxy) is 1. The summed E-state index contributed by atoms with van der Waals surface area (Å²) in [6, 6.07) is 14.1. The zero-order chi connectivity index (χ0) is 23.1. The first-order chi connectivity index (χ1) is 15.3. The van der Waals surface area contributed by atoms with E-state index in [2.05, 4.69) is 10.6 Å². The Morgan fingerprint density at radius 3 is 2.38 bits per heavy atom. The van der Waals surface area contributed by atoms with Crippen LogP contribution in [0.1, 0.15) is 35.7 Å². The molecule has 0 fully saturated rings. The number of amides is 3. The molecule has 1 aliphatic rings. The van der Waals surface area contributed by atoms with E-state index in [4.69, 9.17) is 4.74 Å². The van der Waals surface area contributed by atoms with E-state index in [1.54, 1.807) is 36.4 Å². The second-order valence-corrected chi connectivity index (χ2v) is 9.36. The normalized spacial score (nSPS) is 16.7. The second-order valence-electron chi connectivity index (χ2n) is 7.68. The summed E-state index contributed by atoms with van der Waals surface area (Å²) in [5.41, 5.74) is 2.01. The Labute approximate surface area is 188 Å². The Morgan fingerprint density at radius 1 is 1.09 bits per heavy atom. The highest BCUT2D eigenvalue weighted by Crippen LogP contribution is 2.21. The third kappa shape index (κ3) is 6.41. The van der Waals surface area contributed by atoms with Crippen molar-refractivity contribution in [3.8, 4) is 0 Å². The van der Waals surface area contributed by atoms with Gasteiger partial charge in [0.05, 0.1) is 4.90 Å². The van der Waals surface area contributed by atoms with Gasteiger partial charge in [0.25, 0.3) is 15.9 Å². The van der Waals surface area contributed by atoms with Gasteiger partial charge in [-0.15, -0.1) is 0 Å². The first-order valence-corrected chi connectivity index (χ1v) is 11.8. The van der Waals surface area contributed by atoms with Gasteiger partial charge in [0.15, 0.2) is 0 Å². The maximum Gasteiger partial charge on any atom is 0.332 e. The van der Waals surface area contributed by atoms with Gasteiger partial charge in [0.1, 0.15) is 6.23 Å². The van der Waals surface area contributed by atoms with Crippen LogP contribution in [-0.4, -0.2) is 33.7 Å². The van der Waals surface area contributed by atoms with Crippen molar-refractivity contribution in [3.63, 3.8) is 0 Å². The third-order valence-electron chi connectivity index (χ3n) is 5.12. The molecule has 2 aromatic rings. The quantitative estimate of drug-likeness (QED) is 0.528. The van der Waals surface area contributed by atoms with E-state index in [1.165, 1.54) is 19.2 Å². The molecule has 3 rings (SSSR count). The zero-order valence-electron chi connectivity index (χ0n) is 18.0. The van der Waals surface area contributed by atoms with E-state index in [-0.39, 0.29) is 10.8 Å². The fourth-order valence-electron chi connectivity index (χ4n) is 3.38. The van der Waals surface area contributed by atoms with Crippen LogP contribution >= 0.6 is 0 Å². The standard InChI is InChI=1S/C23H27N3O5S/c1-16-8-11-19(14-16)24-23(28)26-32(29,30)20-12-9-17(10-13-20)15-21(31-2)25-22(27)18-6-4-3-5-7-18/h3-7,9-10,12-14,16,21H,8,11,15H2,1-2H3,(H,25,27)(H2,24,26,28). The molecule has 0 saturated carbocycles. The molecule has 2 aromatic carbocycles. The molecule has 0 saturated heterocycles. The lowest BCUT2D eigenvalue weighted by atomic mass is 10.1. The molecule has 3 N–H and O–H groups in total. The Bertz CT molecular complexity index is 1080. The molecular formula is C23H27N3O5S. The lowest BCUT2D eigenvalue weighted by Gasteiger charge is -2.17. The van der Waals surface area contributed by atoms with Gasteiger partial charge in [-0.05, 0) is 48.6 Å². The zero-order valence-corrected chi connectivity index (χ0v) is 18.8. The van der Waals surface area contributed by atoms with Gasteiger partial charge in [-0.2, -0.15) is 0 Å². The van der Waals surface area contributed by atoms with Crippen LogP contribution in [0.5, 0.6) is 0 Å². The minimum Gasteiger partial charge on any atom is -0.361 e. The molecule has 3 amide bonds. The molecule has 170 valence electrons. The van der Waals surface area contributed by atoms with Crippen LogP contribution in [0.15, 0.2) is 71.3 Å². The second kappa shape index (κ2) is 10.4. The summed E-state index contributed by atoms with van der Waals surface area (Å²) in [5, 5.41) is 5.38. The molecule has 0 bridgehead atoms. The van der Waals surface area contributed by atoms with E-state index in [9.17, 15) is 18.0 Å². The summed E-state index contributed by atoms with van der Waals surface area (Å²) >= 11 is 0. The maximum atomic E-state index is 12.5. The molecule has 0 aromatic heterocycles. The molecule has 0 aliphatic heterocycles. The average molecular weight is 458 g/mol. The van der Waals surface area contributed by atoms with Crippen molar-refractivity contribution in [3.05, 3.63) is 77.5 Å². The van der Waals surface area contributed by atoms with Crippen molar-refractivity contribution in [2.45, 2.75) is 37.3 Å². The van der Waals surface area contributed by atoms with Gasteiger partial charge < -0.3 is 15.4 Å². The van der Waals surface area contributed by atoms with Crippen molar-refractivity contribution in [2.24, 2.45) is 5.92 Å². The van der Waals surface area contributed by atoms with E-state index in [0.717, 1.165) is 17.7 Å². The first kappa shape index (κ1) is 23.5. The summed E-state index contributed by atoms with van der Waals surface area (Å²) in [6.07, 6.45) is 3.32. The number of carbonyl (C=O) groups excluding carboxylic acids is 2. The van der Waals surface area contributed by atoms with Crippen LogP contribution in [0, 0.1) is 5.92 Å². The average Bonchev–Trinajstić information content (AvgIpc) is 3.18. The largest absolute Gasteiger partial charge is 0.361 e. The molecule has 32 heavy (non-hydrogen) atoms. The monoisotopic (exact) mass is 457 g/mol. The Morgan fingerprint density at radius 2 is 1.78 bits per heavy atom. The SMILES string of the molecule is COC(Cc1ccc(S(=O)(=O)NC(=O)NC2=CC(C)CC2)cc1)NC(=O)c1ccccc1. The Kier molecular flexibility index (Phi) is 7.66. The van der Waals surface area contributed by atoms with Crippen molar-refractivity contribution >= 4 is 22.0 Å². The number of benzene rings is 2. The Balaban J connectivity index is 1.58. The van der Waals surface area contributed by atoms with E-state index in [1.807, 2.05) is 23.8 Å². The van der Waals surface area contributed by atoms with Crippen LogP contribution < -0.4 is 15.4 Å². The van der Waals surface area contributed by atoms with Gasteiger partial charge in [-0.1, -0.05) is 43.3 Å². The number of sulfonamides is 1. The number of allylic oxidation sites excluding steroid dienone is 2.